The van der Waals surface area contributed by atoms with Gasteiger partial charge in [0.1, 0.15) is 16.9 Å². The molecule has 322 valence electrons. The van der Waals surface area contributed by atoms with E-state index < -0.39 is 0 Å². The molecule has 0 N–H and O–H groups in total. The van der Waals surface area contributed by atoms with Crippen molar-refractivity contribution in [2.75, 3.05) is 0 Å². The molecule has 8 nitrogen and oxygen atoms in total. The largest absolute Gasteiger partial charge is 0.308 e. The van der Waals surface area contributed by atoms with Gasteiger partial charge in [-0.2, -0.15) is 0 Å². The summed E-state index contributed by atoms with van der Waals surface area (Å²) in [5, 5.41) is 4.65. The fourth-order valence-electron chi connectivity index (χ4n) is 10.3. The summed E-state index contributed by atoms with van der Waals surface area (Å²) in [6, 6.07) is 74.4. The van der Waals surface area contributed by atoms with Crippen molar-refractivity contribution in [3.63, 3.8) is 0 Å². The Bertz CT molecular complexity index is 4250. The standard InChI is InChI=1S/C61H38N8/c1-4-15-39(16-5-1)51-36-58(66-61(65-51)40-17-6-2-7-18-40)69-53-24-13-11-22-47(53)49-34-41(27-30-54(49)69)42-26-28-48-46-21-10-12-23-52(46)68(57(48)35-42)45-33-43(37-62-38-45)50-29-31-56-60(64-50)59-55(25-14-32-63-59)67(56)44-19-8-3-9-20-44/h1-38H. The van der Waals surface area contributed by atoms with Crippen LogP contribution in [0.1, 0.15) is 0 Å². The van der Waals surface area contributed by atoms with Gasteiger partial charge in [0, 0.05) is 62.4 Å². The topological polar surface area (TPSA) is 79.2 Å². The first-order valence-electron chi connectivity index (χ1n) is 23.1. The third kappa shape index (κ3) is 6.27. The summed E-state index contributed by atoms with van der Waals surface area (Å²) in [4.78, 5) is 25.3. The van der Waals surface area contributed by atoms with Gasteiger partial charge in [0.05, 0.1) is 56.4 Å². The molecule has 7 aromatic heterocycles. The van der Waals surface area contributed by atoms with E-state index >= 15 is 0 Å². The van der Waals surface area contributed by atoms with E-state index in [2.05, 4.69) is 190 Å². The van der Waals surface area contributed by atoms with Crippen molar-refractivity contribution >= 4 is 65.7 Å². The first kappa shape index (κ1) is 38.7. The number of hydrogen-bond acceptors (Lipinski definition) is 5. The monoisotopic (exact) mass is 882 g/mol. The van der Waals surface area contributed by atoms with Crippen molar-refractivity contribution in [1.82, 2.24) is 38.6 Å². The normalized spacial score (nSPS) is 11.8. The van der Waals surface area contributed by atoms with Crippen LogP contribution in [0.4, 0.5) is 0 Å². The van der Waals surface area contributed by atoms with Gasteiger partial charge in [0.25, 0.3) is 0 Å². The molecule has 0 aliphatic heterocycles. The van der Waals surface area contributed by atoms with Crippen molar-refractivity contribution in [1.29, 1.82) is 0 Å². The first-order chi connectivity index (χ1) is 34.2. The van der Waals surface area contributed by atoms with Crippen LogP contribution in [-0.2, 0) is 0 Å². The second kappa shape index (κ2) is 15.5. The van der Waals surface area contributed by atoms with Gasteiger partial charge in [-0.1, -0.05) is 133 Å². The molecule has 7 heterocycles. The predicted octanol–water partition coefficient (Wildman–Crippen LogP) is 14.6. The van der Waals surface area contributed by atoms with E-state index in [4.69, 9.17) is 24.9 Å². The number of benzene rings is 7. The minimum Gasteiger partial charge on any atom is -0.308 e. The van der Waals surface area contributed by atoms with Gasteiger partial charge in [0.2, 0.25) is 0 Å². The minimum atomic E-state index is 0.681. The quantitative estimate of drug-likeness (QED) is 0.159. The molecular weight excluding hydrogens is 845 g/mol. The van der Waals surface area contributed by atoms with Crippen LogP contribution in [0.3, 0.4) is 0 Å². The molecule has 0 saturated heterocycles. The highest BCUT2D eigenvalue weighted by atomic mass is 15.1. The van der Waals surface area contributed by atoms with Crippen molar-refractivity contribution in [2.24, 2.45) is 0 Å². The van der Waals surface area contributed by atoms with Crippen LogP contribution in [-0.4, -0.2) is 38.6 Å². The molecule has 0 fully saturated rings. The number of fused-ring (bicyclic) bond motifs is 9. The first-order valence-corrected chi connectivity index (χ1v) is 23.1. The van der Waals surface area contributed by atoms with Crippen molar-refractivity contribution < 1.29 is 0 Å². The Balaban J connectivity index is 0.904. The maximum atomic E-state index is 5.28. The number of rotatable bonds is 7. The van der Waals surface area contributed by atoms with Crippen LogP contribution < -0.4 is 0 Å². The van der Waals surface area contributed by atoms with Crippen molar-refractivity contribution in [3.8, 4) is 62.2 Å². The van der Waals surface area contributed by atoms with Gasteiger partial charge < -0.3 is 9.13 Å². The number of pyridine rings is 3. The van der Waals surface area contributed by atoms with Gasteiger partial charge in [-0.15, -0.1) is 0 Å². The van der Waals surface area contributed by atoms with E-state index in [1.807, 2.05) is 55.0 Å². The second-order valence-electron chi connectivity index (χ2n) is 17.4. The maximum absolute atomic E-state index is 5.28. The number of aromatic nitrogens is 8. The molecule has 0 amide bonds. The van der Waals surface area contributed by atoms with Crippen LogP contribution in [0, 0.1) is 0 Å². The van der Waals surface area contributed by atoms with E-state index in [1.165, 1.54) is 10.8 Å². The zero-order valence-corrected chi connectivity index (χ0v) is 37.0. The Labute approximate surface area is 395 Å². The average molecular weight is 883 g/mol. The van der Waals surface area contributed by atoms with Crippen LogP contribution in [0.2, 0.25) is 0 Å². The summed E-state index contributed by atoms with van der Waals surface area (Å²) in [5.74, 6) is 1.50. The smallest absolute Gasteiger partial charge is 0.162 e. The Morgan fingerprint density at radius 3 is 1.72 bits per heavy atom. The molecule has 0 aliphatic carbocycles. The Kier molecular flexibility index (Phi) is 8.72. The summed E-state index contributed by atoms with van der Waals surface area (Å²) in [7, 11) is 0. The Hall–Kier alpha value is -9.53. The molecule has 0 unspecified atom stereocenters. The van der Waals surface area contributed by atoms with Crippen LogP contribution in [0.5, 0.6) is 0 Å². The second-order valence-corrected chi connectivity index (χ2v) is 17.4. The van der Waals surface area contributed by atoms with Crippen molar-refractivity contribution in [3.05, 3.63) is 231 Å². The lowest BCUT2D eigenvalue weighted by atomic mass is 10.0. The van der Waals surface area contributed by atoms with Gasteiger partial charge in [-0.05, 0) is 83.9 Å². The molecule has 0 aliphatic rings. The summed E-state index contributed by atoms with van der Waals surface area (Å²) >= 11 is 0. The van der Waals surface area contributed by atoms with E-state index in [0.29, 0.717) is 5.82 Å². The van der Waals surface area contributed by atoms with E-state index in [-0.39, 0.29) is 0 Å². The molecule has 0 atom stereocenters. The number of hydrogen-bond donors (Lipinski definition) is 0. The van der Waals surface area contributed by atoms with E-state index in [9.17, 15) is 0 Å². The lowest BCUT2D eigenvalue weighted by molar-refractivity contribution is 1.05. The third-order valence-electron chi connectivity index (χ3n) is 13.4. The fourth-order valence-corrected chi connectivity index (χ4v) is 10.3. The maximum Gasteiger partial charge on any atom is 0.162 e. The molecule has 0 bridgehead atoms. The van der Waals surface area contributed by atoms with Crippen LogP contribution in [0.15, 0.2) is 231 Å². The number of para-hydroxylation sites is 3. The highest BCUT2D eigenvalue weighted by molar-refractivity contribution is 6.12. The van der Waals surface area contributed by atoms with Crippen molar-refractivity contribution in [2.45, 2.75) is 0 Å². The van der Waals surface area contributed by atoms with E-state index in [1.54, 1.807) is 0 Å². The molecule has 0 radical (unpaired) electrons. The van der Waals surface area contributed by atoms with Gasteiger partial charge in [0.15, 0.2) is 5.82 Å². The lowest BCUT2D eigenvalue weighted by Crippen LogP contribution is -2.02. The highest BCUT2D eigenvalue weighted by Gasteiger charge is 2.20. The molecule has 0 spiro atoms. The molecular formula is C61H38N8. The molecule has 8 heteroatoms. The SMILES string of the molecule is c1ccc(-c2cc(-n3c4ccccc4c4cc(-c5ccc6c7ccccc7n(-c7cncc(-c8ccc9c(n8)c8ncccc8n9-c8ccccc8)c7)c6c5)ccc43)nc(-c3ccccc3)n2)cc1. The summed E-state index contributed by atoms with van der Waals surface area (Å²) < 4.78 is 6.84. The summed E-state index contributed by atoms with van der Waals surface area (Å²) in [5.41, 5.74) is 17.0. The lowest BCUT2D eigenvalue weighted by Gasteiger charge is -2.12. The molecule has 14 rings (SSSR count). The van der Waals surface area contributed by atoms with E-state index in [0.717, 1.165) is 111 Å². The van der Waals surface area contributed by atoms with Gasteiger partial charge in [-0.25, -0.2) is 15.0 Å². The highest BCUT2D eigenvalue weighted by Crippen LogP contribution is 2.40. The fraction of sp³-hybridized carbons (Fsp3) is 0. The molecule has 14 aromatic rings. The summed E-state index contributed by atoms with van der Waals surface area (Å²) in [6.07, 6.45) is 5.69. The van der Waals surface area contributed by atoms with Gasteiger partial charge in [-0.3, -0.25) is 14.5 Å². The van der Waals surface area contributed by atoms with Crippen LogP contribution >= 0.6 is 0 Å². The summed E-state index contributed by atoms with van der Waals surface area (Å²) in [6.45, 7) is 0. The predicted molar refractivity (Wildman–Crippen MR) is 280 cm³/mol. The zero-order valence-electron chi connectivity index (χ0n) is 37.0. The Morgan fingerprint density at radius 1 is 0.304 bits per heavy atom. The molecule has 69 heavy (non-hydrogen) atoms. The number of nitrogens with zero attached hydrogens (tertiary/aromatic N) is 8. The third-order valence-corrected chi connectivity index (χ3v) is 13.4. The molecule has 7 aromatic carbocycles. The van der Waals surface area contributed by atoms with Gasteiger partial charge >= 0.3 is 0 Å². The molecule has 0 saturated carbocycles. The minimum absolute atomic E-state index is 0.681. The Morgan fingerprint density at radius 2 is 0.913 bits per heavy atom. The van der Waals surface area contributed by atoms with Crippen LogP contribution in [0.25, 0.3) is 128 Å². The zero-order chi connectivity index (χ0) is 45.4. The average Bonchev–Trinajstić information content (AvgIpc) is 4.06.